The molecule has 0 fully saturated rings. The number of hydrogen-bond acceptors (Lipinski definition) is 5. The lowest BCUT2D eigenvalue weighted by atomic mass is 9.78. The summed E-state index contributed by atoms with van der Waals surface area (Å²) in [7, 11) is 0. The summed E-state index contributed by atoms with van der Waals surface area (Å²) in [5.74, 6) is 1.06. The number of carbonyl (C=O) groups excluding carboxylic acids is 1. The lowest BCUT2D eigenvalue weighted by Gasteiger charge is -2.31. The number of carbonyl (C=O) groups is 1. The zero-order valence-electron chi connectivity index (χ0n) is 16.5. The van der Waals surface area contributed by atoms with Crippen LogP contribution < -0.4 is 4.74 Å². The van der Waals surface area contributed by atoms with Crippen LogP contribution in [-0.2, 0) is 4.79 Å². The van der Waals surface area contributed by atoms with E-state index in [0.29, 0.717) is 47.1 Å². The van der Waals surface area contributed by atoms with Crippen molar-refractivity contribution in [2.45, 2.75) is 25.2 Å². The number of ether oxygens (including phenoxy) is 1. The van der Waals surface area contributed by atoms with Gasteiger partial charge in [-0.25, -0.2) is 18.9 Å². The van der Waals surface area contributed by atoms with E-state index in [2.05, 4.69) is 10.1 Å². The molecule has 2 aromatic heterocycles. The fourth-order valence-electron chi connectivity index (χ4n) is 4.42. The largest absolute Gasteiger partial charge is 0.442 e. The van der Waals surface area contributed by atoms with E-state index in [9.17, 15) is 9.18 Å². The van der Waals surface area contributed by atoms with Gasteiger partial charge in [0.05, 0.1) is 5.56 Å². The first-order valence-corrected chi connectivity index (χ1v) is 10.2. The number of nitrogens with zero attached hydrogens (tertiary/aromatic N) is 4. The van der Waals surface area contributed by atoms with Crippen molar-refractivity contribution < 1.29 is 13.9 Å². The number of Topliss-reactive ketones (excluding diaryl/α,β-unsaturated/α-hetero) is 1. The highest BCUT2D eigenvalue weighted by molar-refractivity contribution is 6.00. The van der Waals surface area contributed by atoms with E-state index in [4.69, 9.17) is 9.72 Å². The van der Waals surface area contributed by atoms with Gasteiger partial charge in [0.15, 0.2) is 17.3 Å². The highest BCUT2D eigenvalue weighted by atomic mass is 19.1. The first-order chi connectivity index (χ1) is 15.2. The van der Waals surface area contributed by atoms with Gasteiger partial charge >= 0.3 is 0 Å². The molecule has 0 amide bonds. The smallest absolute Gasteiger partial charge is 0.228 e. The Bertz CT molecular complexity index is 1360. The standard InChI is InChI=1S/C24H17FN4O2/c25-16-11-9-15(10-12-16)22-27-23-21-19(14-5-2-1-3-6-14)20-17(30)7-4-8-18(20)31-24(21)26-13-29(23)28-22/h1-3,5-6,9-13,19H,4,7-8H2. The highest BCUT2D eigenvalue weighted by Crippen LogP contribution is 2.47. The van der Waals surface area contributed by atoms with Crippen molar-refractivity contribution in [1.82, 2.24) is 19.6 Å². The Morgan fingerprint density at radius 2 is 1.84 bits per heavy atom. The van der Waals surface area contributed by atoms with Crippen LogP contribution in [-0.4, -0.2) is 25.4 Å². The highest BCUT2D eigenvalue weighted by Gasteiger charge is 2.39. The van der Waals surface area contributed by atoms with Gasteiger partial charge in [0, 0.05) is 29.9 Å². The minimum atomic E-state index is -0.325. The Balaban J connectivity index is 1.60. The van der Waals surface area contributed by atoms with Gasteiger partial charge in [-0.3, -0.25) is 4.79 Å². The van der Waals surface area contributed by atoms with Crippen LogP contribution >= 0.6 is 0 Å². The molecule has 1 aliphatic carbocycles. The number of rotatable bonds is 2. The fraction of sp³-hybridized carbons (Fsp3) is 0.167. The van der Waals surface area contributed by atoms with Crippen molar-refractivity contribution in [3.63, 3.8) is 0 Å². The summed E-state index contributed by atoms with van der Waals surface area (Å²) in [6, 6.07) is 15.9. The average Bonchev–Trinajstić information content (AvgIpc) is 3.23. The molecule has 6 rings (SSSR count). The SMILES string of the molecule is O=C1CCCC2=C1C(c1ccccc1)c1c(ncn3nc(-c4ccc(F)cc4)nc13)O2. The van der Waals surface area contributed by atoms with Crippen LogP contribution in [0.4, 0.5) is 4.39 Å². The normalized spacial score (nSPS) is 18.0. The fourth-order valence-corrected chi connectivity index (χ4v) is 4.42. The Labute approximate surface area is 177 Å². The molecule has 7 heteroatoms. The second-order valence-electron chi connectivity index (χ2n) is 7.73. The van der Waals surface area contributed by atoms with Gasteiger partial charge < -0.3 is 4.74 Å². The van der Waals surface area contributed by atoms with Crippen LogP contribution in [0, 0.1) is 5.82 Å². The lowest BCUT2D eigenvalue weighted by molar-refractivity contribution is -0.116. The molecule has 0 bridgehead atoms. The number of halogens is 1. The average molecular weight is 412 g/mol. The first kappa shape index (κ1) is 17.9. The zero-order valence-corrected chi connectivity index (χ0v) is 16.5. The molecular weight excluding hydrogens is 395 g/mol. The minimum Gasteiger partial charge on any atom is -0.442 e. The molecule has 1 aliphatic heterocycles. The maximum absolute atomic E-state index is 13.4. The summed E-state index contributed by atoms with van der Waals surface area (Å²) in [4.78, 5) is 22.2. The van der Waals surface area contributed by atoms with Crippen molar-refractivity contribution in [2.24, 2.45) is 0 Å². The van der Waals surface area contributed by atoms with Crippen LogP contribution in [0.1, 0.15) is 36.3 Å². The third kappa shape index (κ3) is 2.84. The van der Waals surface area contributed by atoms with Crippen LogP contribution in [0.2, 0.25) is 0 Å². The van der Waals surface area contributed by atoms with E-state index < -0.39 is 0 Å². The molecule has 31 heavy (non-hydrogen) atoms. The molecule has 0 saturated heterocycles. The van der Waals surface area contributed by atoms with E-state index in [1.807, 2.05) is 30.3 Å². The molecule has 1 atom stereocenters. The van der Waals surface area contributed by atoms with Gasteiger partial charge in [-0.2, -0.15) is 0 Å². The molecule has 0 spiro atoms. The topological polar surface area (TPSA) is 69.4 Å². The Kier molecular flexibility index (Phi) is 3.96. The van der Waals surface area contributed by atoms with Crippen LogP contribution in [0.5, 0.6) is 5.88 Å². The summed E-state index contributed by atoms with van der Waals surface area (Å²) in [6.45, 7) is 0. The van der Waals surface area contributed by atoms with E-state index in [0.717, 1.165) is 17.5 Å². The molecule has 152 valence electrons. The van der Waals surface area contributed by atoms with Gasteiger partial charge in [0.1, 0.15) is 17.9 Å². The maximum atomic E-state index is 13.4. The summed E-state index contributed by atoms with van der Waals surface area (Å²) < 4.78 is 21.1. The molecular formula is C24H17FN4O2. The third-order valence-corrected chi connectivity index (χ3v) is 5.83. The predicted molar refractivity (Wildman–Crippen MR) is 111 cm³/mol. The van der Waals surface area contributed by atoms with Crippen molar-refractivity contribution in [1.29, 1.82) is 0 Å². The molecule has 0 saturated carbocycles. The van der Waals surface area contributed by atoms with Crippen molar-refractivity contribution in [3.05, 3.63) is 89.2 Å². The maximum Gasteiger partial charge on any atom is 0.228 e. The van der Waals surface area contributed by atoms with Gasteiger partial charge in [-0.15, -0.1) is 5.10 Å². The van der Waals surface area contributed by atoms with E-state index >= 15 is 0 Å². The van der Waals surface area contributed by atoms with Gasteiger partial charge in [-0.1, -0.05) is 30.3 Å². The molecule has 0 N–H and O–H groups in total. The van der Waals surface area contributed by atoms with Gasteiger partial charge in [-0.05, 0) is 36.2 Å². The molecule has 4 aromatic rings. The quantitative estimate of drug-likeness (QED) is 0.486. The first-order valence-electron chi connectivity index (χ1n) is 10.2. The summed E-state index contributed by atoms with van der Waals surface area (Å²) in [5.41, 5.74) is 3.66. The van der Waals surface area contributed by atoms with Crippen LogP contribution in [0.15, 0.2) is 72.3 Å². The minimum absolute atomic E-state index is 0.0982. The second kappa shape index (κ2) is 6.84. The molecule has 2 aliphatic rings. The summed E-state index contributed by atoms with van der Waals surface area (Å²) in [6.07, 6.45) is 3.55. The number of benzene rings is 2. The second-order valence-corrected chi connectivity index (χ2v) is 7.73. The Morgan fingerprint density at radius 1 is 1.03 bits per heavy atom. The number of hydrogen-bond donors (Lipinski definition) is 0. The van der Waals surface area contributed by atoms with E-state index in [1.54, 1.807) is 23.0 Å². The number of aromatic nitrogens is 4. The van der Waals surface area contributed by atoms with Gasteiger partial charge in [0.2, 0.25) is 5.88 Å². The molecule has 3 heterocycles. The molecule has 6 nitrogen and oxygen atoms in total. The number of allylic oxidation sites excluding steroid dienone is 2. The summed E-state index contributed by atoms with van der Waals surface area (Å²) in [5, 5.41) is 4.54. The molecule has 0 radical (unpaired) electrons. The van der Waals surface area contributed by atoms with Crippen molar-refractivity contribution >= 4 is 11.4 Å². The van der Waals surface area contributed by atoms with E-state index in [-0.39, 0.29) is 17.5 Å². The van der Waals surface area contributed by atoms with Gasteiger partial charge in [0.25, 0.3) is 0 Å². The van der Waals surface area contributed by atoms with E-state index in [1.165, 1.54) is 12.1 Å². The lowest BCUT2D eigenvalue weighted by Crippen LogP contribution is -2.26. The molecule has 2 aromatic carbocycles. The van der Waals surface area contributed by atoms with Crippen molar-refractivity contribution in [3.8, 4) is 17.3 Å². The van der Waals surface area contributed by atoms with Crippen molar-refractivity contribution in [2.75, 3.05) is 0 Å². The summed E-state index contributed by atoms with van der Waals surface area (Å²) >= 11 is 0. The molecule has 1 unspecified atom stereocenters. The predicted octanol–water partition coefficient (Wildman–Crippen LogP) is 4.46. The zero-order chi connectivity index (χ0) is 20.9. The van der Waals surface area contributed by atoms with Crippen LogP contribution in [0.25, 0.3) is 17.0 Å². The number of fused-ring (bicyclic) bond motifs is 3. The Morgan fingerprint density at radius 3 is 2.65 bits per heavy atom. The third-order valence-electron chi connectivity index (χ3n) is 5.83. The Hall–Kier alpha value is -3.87. The van der Waals surface area contributed by atoms with Crippen LogP contribution in [0.3, 0.4) is 0 Å². The number of ketones is 1. The monoisotopic (exact) mass is 412 g/mol.